The van der Waals surface area contributed by atoms with Gasteiger partial charge in [-0.1, -0.05) is 12.1 Å². The lowest BCUT2D eigenvalue weighted by Crippen LogP contribution is -2.50. The van der Waals surface area contributed by atoms with Gasteiger partial charge in [-0.25, -0.2) is 0 Å². The predicted molar refractivity (Wildman–Crippen MR) is 65.5 cm³/mol. The molecule has 1 atom stereocenters. The first-order valence-electron chi connectivity index (χ1n) is 5.66. The van der Waals surface area contributed by atoms with Crippen LogP contribution in [0.5, 0.6) is 0 Å². The molecule has 1 aliphatic rings. The van der Waals surface area contributed by atoms with Crippen molar-refractivity contribution in [2.45, 2.75) is 13.0 Å². The molecule has 0 aromatic heterocycles. The summed E-state index contributed by atoms with van der Waals surface area (Å²) in [5.74, 6) is 0. The van der Waals surface area contributed by atoms with Crippen LogP contribution in [0.3, 0.4) is 0 Å². The quantitative estimate of drug-likeness (QED) is 0.714. The molecule has 0 bridgehead atoms. The van der Waals surface area contributed by atoms with E-state index in [0.29, 0.717) is 6.04 Å². The number of anilines is 1. The van der Waals surface area contributed by atoms with E-state index in [1.807, 2.05) is 24.3 Å². The van der Waals surface area contributed by atoms with E-state index in [1.165, 1.54) is 0 Å². The molecule has 1 unspecified atom stereocenters. The standard InChI is InChI=1S/C13H17N3/c1-11-10-15(2)7-8-16(11)13-6-4-3-5-12(13)9-14/h3-6,11H,7-8,10H2,1-2H3. The van der Waals surface area contributed by atoms with Crippen molar-refractivity contribution in [3.63, 3.8) is 0 Å². The van der Waals surface area contributed by atoms with Gasteiger partial charge in [-0.3, -0.25) is 0 Å². The maximum atomic E-state index is 9.10. The average molecular weight is 215 g/mol. The minimum atomic E-state index is 0.466. The van der Waals surface area contributed by atoms with Gasteiger partial charge in [-0.15, -0.1) is 0 Å². The van der Waals surface area contributed by atoms with Gasteiger partial charge in [0.05, 0.1) is 11.3 Å². The van der Waals surface area contributed by atoms with E-state index in [-0.39, 0.29) is 0 Å². The first-order valence-corrected chi connectivity index (χ1v) is 5.66. The fraction of sp³-hybridized carbons (Fsp3) is 0.462. The number of benzene rings is 1. The highest BCUT2D eigenvalue weighted by atomic mass is 15.3. The molecule has 1 saturated heterocycles. The zero-order valence-corrected chi connectivity index (χ0v) is 9.85. The lowest BCUT2D eigenvalue weighted by Gasteiger charge is -2.40. The van der Waals surface area contributed by atoms with E-state index < -0.39 is 0 Å². The second-order valence-electron chi connectivity index (χ2n) is 4.43. The van der Waals surface area contributed by atoms with Crippen molar-refractivity contribution in [3.05, 3.63) is 29.8 Å². The number of likely N-dealkylation sites (N-methyl/N-ethyl adjacent to an activating group) is 1. The Morgan fingerprint density at radius 2 is 2.06 bits per heavy atom. The van der Waals surface area contributed by atoms with Gasteiger partial charge in [0.15, 0.2) is 0 Å². The van der Waals surface area contributed by atoms with Gasteiger partial charge in [-0.05, 0) is 26.1 Å². The third kappa shape index (κ3) is 2.02. The Bertz CT molecular complexity index is 408. The molecule has 1 aromatic rings. The average Bonchev–Trinajstić information content (AvgIpc) is 2.29. The van der Waals surface area contributed by atoms with E-state index in [2.05, 4.69) is 29.8 Å². The van der Waals surface area contributed by atoms with Crippen LogP contribution in [0.15, 0.2) is 24.3 Å². The fourth-order valence-electron chi connectivity index (χ4n) is 2.32. The molecule has 0 radical (unpaired) electrons. The van der Waals surface area contributed by atoms with Crippen LogP contribution in [0.25, 0.3) is 0 Å². The molecule has 16 heavy (non-hydrogen) atoms. The molecule has 3 nitrogen and oxygen atoms in total. The van der Waals surface area contributed by atoms with Crippen LogP contribution < -0.4 is 4.90 Å². The van der Waals surface area contributed by atoms with Gasteiger partial charge in [0.25, 0.3) is 0 Å². The largest absolute Gasteiger partial charge is 0.365 e. The number of piperazine rings is 1. The van der Waals surface area contributed by atoms with E-state index >= 15 is 0 Å². The zero-order chi connectivity index (χ0) is 11.5. The molecule has 1 aromatic carbocycles. The predicted octanol–water partition coefficient (Wildman–Crippen LogP) is 1.70. The number of hydrogen-bond acceptors (Lipinski definition) is 3. The lowest BCUT2D eigenvalue weighted by atomic mass is 10.1. The number of nitriles is 1. The Balaban J connectivity index is 2.27. The minimum Gasteiger partial charge on any atom is -0.365 e. The van der Waals surface area contributed by atoms with Crippen LogP contribution in [0.1, 0.15) is 12.5 Å². The number of para-hydroxylation sites is 1. The Morgan fingerprint density at radius 3 is 2.75 bits per heavy atom. The fourth-order valence-corrected chi connectivity index (χ4v) is 2.32. The zero-order valence-electron chi connectivity index (χ0n) is 9.85. The monoisotopic (exact) mass is 215 g/mol. The van der Waals surface area contributed by atoms with Crippen molar-refractivity contribution in [1.82, 2.24) is 4.90 Å². The van der Waals surface area contributed by atoms with Gasteiger partial charge >= 0.3 is 0 Å². The molecule has 0 spiro atoms. The van der Waals surface area contributed by atoms with Crippen LogP contribution in [-0.4, -0.2) is 37.6 Å². The highest BCUT2D eigenvalue weighted by Crippen LogP contribution is 2.23. The maximum absolute atomic E-state index is 9.10. The first kappa shape index (κ1) is 11.0. The van der Waals surface area contributed by atoms with Crippen LogP contribution in [0.2, 0.25) is 0 Å². The summed E-state index contributed by atoms with van der Waals surface area (Å²) in [7, 11) is 2.14. The number of rotatable bonds is 1. The molecule has 1 fully saturated rings. The second kappa shape index (κ2) is 4.54. The van der Waals surface area contributed by atoms with Gasteiger partial charge < -0.3 is 9.80 Å². The summed E-state index contributed by atoms with van der Waals surface area (Å²) < 4.78 is 0. The van der Waals surface area contributed by atoms with Gasteiger partial charge in [-0.2, -0.15) is 5.26 Å². The van der Waals surface area contributed by atoms with Crippen molar-refractivity contribution in [2.24, 2.45) is 0 Å². The molecule has 84 valence electrons. The van der Waals surface area contributed by atoms with Crippen molar-refractivity contribution in [3.8, 4) is 6.07 Å². The van der Waals surface area contributed by atoms with E-state index in [9.17, 15) is 0 Å². The summed E-state index contributed by atoms with van der Waals surface area (Å²) in [5, 5.41) is 9.10. The van der Waals surface area contributed by atoms with Gasteiger partial charge in [0.1, 0.15) is 6.07 Å². The molecule has 2 rings (SSSR count). The maximum Gasteiger partial charge on any atom is 0.101 e. The van der Waals surface area contributed by atoms with Gasteiger partial charge in [0.2, 0.25) is 0 Å². The SMILES string of the molecule is CC1CN(C)CCN1c1ccccc1C#N. The Morgan fingerprint density at radius 1 is 1.31 bits per heavy atom. The Labute approximate surface area is 96.9 Å². The third-order valence-corrected chi connectivity index (χ3v) is 3.16. The lowest BCUT2D eigenvalue weighted by molar-refractivity contribution is 0.275. The van der Waals surface area contributed by atoms with E-state index in [0.717, 1.165) is 30.9 Å². The third-order valence-electron chi connectivity index (χ3n) is 3.16. The number of nitrogens with zero attached hydrogens (tertiary/aromatic N) is 3. The normalized spacial score (nSPS) is 21.8. The van der Waals surface area contributed by atoms with Crippen molar-refractivity contribution in [2.75, 3.05) is 31.6 Å². The van der Waals surface area contributed by atoms with Crippen molar-refractivity contribution in [1.29, 1.82) is 5.26 Å². The summed E-state index contributed by atoms with van der Waals surface area (Å²) in [5.41, 5.74) is 1.85. The van der Waals surface area contributed by atoms with E-state index in [4.69, 9.17) is 5.26 Å². The van der Waals surface area contributed by atoms with Crippen molar-refractivity contribution >= 4 is 5.69 Å². The summed E-state index contributed by atoms with van der Waals surface area (Å²) in [6.07, 6.45) is 0. The minimum absolute atomic E-state index is 0.466. The molecule has 0 N–H and O–H groups in total. The molecule has 3 heteroatoms. The highest BCUT2D eigenvalue weighted by molar-refractivity contribution is 5.60. The summed E-state index contributed by atoms with van der Waals surface area (Å²) >= 11 is 0. The molecular formula is C13H17N3. The first-order chi connectivity index (χ1) is 7.72. The molecule has 0 aliphatic carbocycles. The summed E-state index contributed by atoms with van der Waals surface area (Å²) in [4.78, 5) is 4.66. The summed E-state index contributed by atoms with van der Waals surface area (Å²) in [6, 6.07) is 10.6. The van der Waals surface area contributed by atoms with E-state index in [1.54, 1.807) is 0 Å². The van der Waals surface area contributed by atoms with Crippen LogP contribution >= 0.6 is 0 Å². The van der Waals surface area contributed by atoms with Gasteiger partial charge in [0, 0.05) is 25.7 Å². The molecule has 1 heterocycles. The number of hydrogen-bond donors (Lipinski definition) is 0. The topological polar surface area (TPSA) is 30.3 Å². The highest BCUT2D eigenvalue weighted by Gasteiger charge is 2.23. The molecule has 0 amide bonds. The molecular weight excluding hydrogens is 198 g/mol. The Hall–Kier alpha value is -1.53. The molecule has 0 saturated carbocycles. The second-order valence-corrected chi connectivity index (χ2v) is 4.43. The van der Waals surface area contributed by atoms with Crippen LogP contribution in [-0.2, 0) is 0 Å². The van der Waals surface area contributed by atoms with Crippen LogP contribution in [0.4, 0.5) is 5.69 Å². The molecule has 1 aliphatic heterocycles. The summed E-state index contributed by atoms with van der Waals surface area (Å²) in [6.45, 7) is 5.32. The smallest absolute Gasteiger partial charge is 0.101 e. The Kier molecular flexibility index (Phi) is 3.12. The van der Waals surface area contributed by atoms with Crippen molar-refractivity contribution < 1.29 is 0 Å². The van der Waals surface area contributed by atoms with Crippen LogP contribution in [0, 0.1) is 11.3 Å².